The van der Waals surface area contributed by atoms with E-state index in [9.17, 15) is 9.18 Å². The lowest BCUT2D eigenvalue weighted by molar-refractivity contribution is 0.102. The molecule has 38 heavy (non-hydrogen) atoms. The maximum absolute atomic E-state index is 13.5. The molecule has 0 fully saturated rings. The number of aryl methyl sites for hydroxylation is 1. The molecule has 1 amide bonds. The van der Waals surface area contributed by atoms with Gasteiger partial charge in [-0.25, -0.2) is 19.3 Å². The molecule has 5 rings (SSSR count). The van der Waals surface area contributed by atoms with Crippen molar-refractivity contribution in [3.8, 4) is 21.7 Å². The van der Waals surface area contributed by atoms with Crippen LogP contribution in [0.1, 0.15) is 16.1 Å². The van der Waals surface area contributed by atoms with Crippen LogP contribution < -0.4 is 10.6 Å². The van der Waals surface area contributed by atoms with Gasteiger partial charge in [0, 0.05) is 35.5 Å². The largest absolute Gasteiger partial charge is 0.324 e. The molecule has 10 heteroatoms. The zero-order chi connectivity index (χ0) is 26.6. The Bertz CT molecular complexity index is 1640. The Balaban J connectivity index is 1.40. The molecule has 1 unspecified atom stereocenters. The lowest BCUT2D eigenvalue weighted by atomic mass is 10.1. The summed E-state index contributed by atoms with van der Waals surface area (Å²) >= 11 is 1.39. The maximum atomic E-state index is 13.5. The first-order valence-electron chi connectivity index (χ1n) is 11.5. The van der Waals surface area contributed by atoms with Crippen LogP contribution >= 0.6 is 21.8 Å². The number of aromatic nitrogens is 4. The van der Waals surface area contributed by atoms with Crippen LogP contribution in [0.4, 0.5) is 21.7 Å². The van der Waals surface area contributed by atoms with Gasteiger partial charge in [0.2, 0.25) is 5.95 Å². The number of pyridine rings is 1. The van der Waals surface area contributed by atoms with Crippen molar-refractivity contribution in [1.29, 1.82) is 0 Å². The number of nitrogens with zero attached hydrogens (tertiary/aromatic N) is 4. The van der Waals surface area contributed by atoms with E-state index in [4.69, 9.17) is 0 Å². The van der Waals surface area contributed by atoms with E-state index in [1.54, 1.807) is 30.7 Å². The predicted molar refractivity (Wildman–Crippen MR) is 154 cm³/mol. The second-order valence-corrected chi connectivity index (χ2v) is 11.3. The Morgan fingerprint density at radius 2 is 1.84 bits per heavy atom. The summed E-state index contributed by atoms with van der Waals surface area (Å²) in [6, 6.07) is 17.2. The molecular weight excluding hydrogens is 519 g/mol. The number of hydrogen-bond acceptors (Lipinski definition) is 7. The lowest BCUT2D eigenvalue weighted by Gasteiger charge is -2.12. The predicted octanol–water partition coefficient (Wildman–Crippen LogP) is 6.80. The van der Waals surface area contributed by atoms with E-state index < -0.39 is 0 Å². The fraction of sp³-hybridized carbons (Fsp3) is 0.0714. The Labute approximate surface area is 225 Å². The van der Waals surface area contributed by atoms with Gasteiger partial charge >= 0.3 is 0 Å². The van der Waals surface area contributed by atoms with E-state index in [1.165, 1.54) is 23.5 Å². The first-order valence-corrected chi connectivity index (χ1v) is 14.1. The van der Waals surface area contributed by atoms with E-state index in [2.05, 4.69) is 36.4 Å². The van der Waals surface area contributed by atoms with Gasteiger partial charge in [0.15, 0.2) is 0 Å². The third kappa shape index (κ3) is 5.66. The number of hydrogen-bond donors (Lipinski definition) is 2. The van der Waals surface area contributed by atoms with Crippen molar-refractivity contribution in [3.05, 3.63) is 96.3 Å². The monoisotopic (exact) mass is 542 g/mol. The van der Waals surface area contributed by atoms with Crippen molar-refractivity contribution in [2.45, 2.75) is 11.3 Å². The highest BCUT2D eigenvalue weighted by atomic mass is 32.2. The number of carbonyl (C=O) groups is 1. The molecular formula is C28H23FN6OS2. The Morgan fingerprint density at radius 1 is 1.03 bits per heavy atom. The van der Waals surface area contributed by atoms with Gasteiger partial charge in [0.1, 0.15) is 15.9 Å². The van der Waals surface area contributed by atoms with E-state index in [0.717, 1.165) is 32.4 Å². The average molecular weight is 543 g/mol. The first-order chi connectivity index (χ1) is 18.4. The van der Waals surface area contributed by atoms with Crippen LogP contribution in [-0.2, 0) is 0 Å². The van der Waals surface area contributed by atoms with Gasteiger partial charge < -0.3 is 10.6 Å². The SMILES string of the molecule is C=S(C)c1nc(C(=O)Nc2ccc(C)c(Nc3nccc(-c4cccnc4)n3)c2)c(-c2ccc(F)cc2)s1. The second-order valence-electron chi connectivity index (χ2n) is 8.42. The summed E-state index contributed by atoms with van der Waals surface area (Å²) in [7, 11) is -0.379. The number of halogens is 1. The topological polar surface area (TPSA) is 92.7 Å². The van der Waals surface area contributed by atoms with E-state index in [-0.39, 0.29) is 27.9 Å². The van der Waals surface area contributed by atoms with E-state index in [1.807, 2.05) is 49.6 Å². The number of benzene rings is 2. The maximum Gasteiger partial charge on any atom is 0.275 e. The van der Waals surface area contributed by atoms with Crippen LogP contribution in [0.15, 0.2) is 83.6 Å². The molecule has 0 saturated heterocycles. The van der Waals surface area contributed by atoms with Crippen LogP contribution in [-0.4, -0.2) is 38.0 Å². The Hall–Kier alpha value is -4.28. The third-order valence-corrected chi connectivity index (χ3v) is 8.27. The van der Waals surface area contributed by atoms with Gasteiger partial charge in [0.25, 0.3) is 5.91 Å². The number of rotatable bonds is 7. The molecule has 0 bridgehead atoms. The number of carbonyl (C=O) groups excluding carboxylic acids is 1. The van der Waals surface area contributed by atoms with Crippen LogP contribution in [0.25, 0.3) is 21.7 Å². The molecule has 0 spiro atoms. The lowest BCUT2D eigenvalue weighted by Crippen LogP contribution is -2.14. The van der Waals surface area contributed by atoms with Crippen molar-refractivity contribution < 1.29 is 9.18 Å². The molecule has 0 radical (unpaired) electrons. The Morgan fingerprint density at radius 3 is 2.58 bits per heavy atom. The average Bonchev–Trinajstić information content (AvgIpc) is 3.38. The fourth-order valence-corrected chi connectivity index (χ4v) is 5.51. The molecule has 190 valence electrons. The highest BCUT2D eigenvalue weighted by Gasteiger charge is 2.20. The summed E-state index contributed by atoms with van der Waals surface area (Å²) in [4.78, 5) is 31.7. The minimum absolute atomic E-state index is 0.280. The summed E-state index contributed by atoms with van der Waals surface area (Å²) in [5, 5.41) is 6.19. The molecule has 1 atom stereocenters. The molecule has 3 heterocycles. The molecule has 0 aliphatic carbocycles. The summed E-state index contributed by atoms with van der Waals surface area (Å²) in [5.74, 6) is 3.78. The number of amides is 1. The van der Waals surface area contributed by atoms with Crippen LogP contribution in [0, 0.1) is 12.7 Å². The smallest absolute Gasteiger partial charge is 0.275 e. The first kappa shape index (κ1) is 25.4. The Kier molecular flexibility index (Phi) is 7.34. The molecule has 2 aromatic carbocycles. The van der Waals surface area contributed by atoms with Crippen molar-refractivity contribution in [1.82, 2.24) is 19.9 Å². The van der Waals surface area contributed by atoms with Gasteiger partial charge in [-0.2, -0.15) is 0 Å². The summed E-state index contributed by atoms with van der Waals surface area (Å²) in [6.45, 7) is 1.95. The van der Waals surface area contributed by atoms with Crippen LogP contribution in [0.5, 0.6) is 0 Å². The van der Waals surface area contributed by atoms with Gasteiger partial charge in [-0.05, 0) is 66.8 Å². The summed E-state index contributed by atoms with van der Waals surface area (Å²) < 4.78 is 14.3. The standard InChI is InChI=1S/C28H23FN6OS2/c1-17-6-11-21(15-23(17)34-27-31-14-12-22(33-27)19-5-4-13-30-16-19)32-26(36)24-25(37-28(35-24)38(2)3)18-7-9-20(29)10-8-18/h4-16H,2H2,1,3H3,(H,32,36)(H,31,33,34). The van der Waals surface area contributed by atoms with E-state index in [0.29, 0.717) is 16.5 Å². The summed E-state index contributed by atoms with van der Waals surface area (Å²) in [6.07, 6.45) is 7.08. The van der Waals surface area contributed by atoms with Gasteiger partial charge in [-0.3, -0.25) is 9.78 Å². The van der Waals surface area contributed by atoms with Crippen molar-refractivity contribution in [2.75, 3.05) is 16.9 Å². The zero-order valence-corrected chi connectivity index (χ0v) is 22.2. The molecule has 3 aromatic heterocycles. The highest BCUT2D eigenvalue weighted by Crippen LogP contribution is 2.37. The molecule has 5 aromatic rings. The fourth-order valence-electron chi connectivity index (χ4n) is 3.64. The van der Waals surface area contributed by atoms with E-state index >= 15 is 0 Å². The number of thiazole rings is 1. The van der Waals surface area contributed by atoms with Gasteiger partial charge in [-0.1, -0.05) is 24.1 Å². The molecule has 0 aliphatic rings. The molecule has 7 nitrogen and oxygen atoms in total. The van der Waals surface area contributed by atoms with Crippen molar-refractivity contribution in [2.24, 2.45) is 0 Å². The van der Waals surface area contributed by atoms with Crippen LogP contribution in [0.3, 0.4) is 0 Å². The van der Waals surface area contributed by atoms with Gasteiger partial charge in [0.05, 0.1) is 10.6 Å². The third-order valence-electron chi connectivity index (χ3n) is 5.58. The highest BCUT2D eigenvalue weighted by molar-refractivity contribution is 8.14. The second kappa shape index (κ2) is 11.0. The van der Waals surface area contributed by atoms with Gasteiger partial charge in [-0.15, -0.1) is 21.8 Å². The molecule has 2 N–H and O–H groups in total. The van der Waals surface area contributed by atoms with Crippen LogP contribution in [0.2, 0.25) is 0 Å². The summed E-state index contributed by atoms with van der Waals surface area (Å²) in [5.41, 5.74) is 4.91. The quantitative estimate of drug-likeness (QED) is 0.220. The minimum atomic E-state index is -0.379. The molecule has 0 saturated carbocycles. The number of nitrogens with one attached hydrogen (secondary N) is 2. The van der Waals surface area contributed by atoms with Crippen molar-refractivity contribution >= 4 is 50.9 Å². The normalized spacial score (nSPS) is 11.7. The number of anilines is 3. The van der Waals surface area contributed by atoms with Crippen molar-refractivity contribution in [3.63, 3.8) is 0 Å². The zero-order valence-electron chi connectivity index (χ0n) is 20.6. The molecule has 0 aliphatic heterocycles. The minimum Gasteiger partial charge on any atom is -0.324 e.